The number of aliphatic carboxylic acids is 1. The molecule has 0 aliphatic carbocycles. The van der Waals surface area contributed by atoms with Gasteiger partial charge in [-0.15, -0.1) is 0 Å². The second-order valence-corrected chi connectivity index (χ2v) is 4.74. The molecular formula is C12H23NO3. The van der Waals surface area contributed by atoms with Gasteiger partial charge in [0.25, 0.3) is 0 Å². The average molecular weight is 229 g/mol. The van der Waals surface area contributed by atoms with Gasteiger partial charge in [-0.25, -0.2) is 4.79 Å². The van der Waals surface area contributed by atoms with Crippen LogP contribution in [0.2, 0.25) is 0 Å². The minimum Gasteiger partial charge on any atom is -0.480 e. The molecule has 2 N–H and O–H groups in total. The number of carbonyl (C=O) groups excluding carboxylic acids is 1. The van der Waals surface area contributed by atoms with E-state index in [4.69, 9.17) is 5.11 Å². The smallest absolute Gasteiger partial charge is 0.326 e. The van der Waals surface area contributed by atoms with Gasteiger partial charge in [0, 0.05) is 5.41 Å². The highest BCUT2D eigenvalue weighted by Gasteiger charge is 2.29. The molecule has 1 unspecified atom stereocenters. The Kier molecular flexibility index (Phi) is 6.08. The van der Waals surface area contributed by atoms with E-state index < -0.39 is 17.4 Å². The summed E-state index contributed by atoms with van der Waals surface area (Å²) in [5.74, 6) is -1.13. The third-order valence-corrected chi connectivity index (χ3v) is 2.95. The molecule has 1 atom stereocenters. The maximum Gasteiger partial charge on any atom is 0.326 e. The van der Waals surface area contributed by atoms with Crippen molar-refractivity contribution >= 4 is 11.9 Å². The SMILES string of the molecule is CCCCC(NC(=O)C(C)(C)CC)C(=O)O. The zero-order chi connectivity index (χ0) is 12.8. The highest BCUT2D eigenvalue weighted by molar-refractivity contribution is 5.86. The van der Waals surface area contributed by atoms with Crippen LogP contribution in [0.4, 0.5) is 0 Å². The lowest BCUT2D eigenvalue weighted by molar-refractivity contribution is -0.143. The van der Waals surface area contributed by atoms with E-state index >= 15 is 0 Å². The van der Waals surface area contributed by atoms with Crippen molar-refractivity contribution < 1.29 is 14.7 Å². The van der Waals surface area contributed by atoms with Crippen LogP contribution in [0.5, 0.6) is 0 Å². The lowest BCUT2D eigenvalue weighted by atomic mass is 9.89. The zero-order valence-corrected chi connectivity index (χ0v) is 10.7. The second kappa shape index (κ2) is 6.51. The number of hydrogen-bond acceptors (Lipinski definition) is 2. The highest BCUT2D eigenvalue weighted by Crippen LogP contribution is 2.20. The molecule has 0 bridgehead atoms. The monoisotopic (exact) mass is 229 g/mol. The van der Waals surface area contributed by atoms with Crippen molar-refractivity contribution in [2.75, 3.05) is 0 Å². The molecule has 0 radical (unpaired) electrons. The van der Waals surface area contributed by atoms with E-state index in [0.29, 0.717) is 12.8 Å². The van der Waals surface area contributed by atoms with E-state index in [1.54, 1.807) is 0 Å². The van der Waals surface area contributed by atoms with Crippen LogP contribution in [-0.4, -0.2) is 23.0 Å². The predicted octanol–water partition coefficient (Wildman–Crippen LogP) is 2.18. The fourth-order valence-electron chi connectivity index (χ4n) is 1.18. The standard InChI is InChI=1S/C12H23NO3/c1-5-7-8-9(10(14)15)13-11(16)12(3,4)6-2/h9H,5-8H2,1-4H3,(H,13,16)(H,14,15). The molecule has 0 spiro atoms. The first-order valence-electron chi connectivity index (χ1n) is 5.89. The summed E-state index contributed by atoms with van der Waals surface area (Å²) < 4.78 is 0. The van der Waals surface area contributed by atoms with Gasteiger partial charge < -0.3 is 10.4 Å². The zero-order valence-electron chi connectivity index (χ0n) is 10.7. The molecule has 0 aromatic rings. The van der Waals surface area contributed by atoms with Gasteiger partial charge in [-0.05, 0) is 12.8 Å². The van der Waals surface area contributed by atoms with Crippen LogP contribution >= 0.6 is 0 Å². The number of nitrogens with one attached hydrogen (secondary N) is 1. The summed E-state index contributed by atoms with van der Waals surface area (Å²) in [5.41, 5.74) is -0.500. The molecule has 1 amide bonds. The van der Waals surface area contributed by atoms with Gasteiger partial charge in [0.1, 0.15) is 6.04 Å². The number of carboxylic acids is 1. The number of rotatable bonds is 7. The fraction of sp³-hybridized carbons (Fsp3) is 0.833. The first-order chi connectivity index (χ1) is 7.35. The molecule has 0 aromatic carbocycles. The Labute approximate surface area is 97.4 Å². The van der Waals surface area contributed by atoms with Gasteiger partial charge in [-0.3, -0.25) is 4.79 Å². The van der Waals surface area contributed by atoms with Crippen molar-refractivity contribution in [2.24, 2.45) is 5.41 Å². The Morgan fingerprint density at radius 1 is 1.31 bits per heavy atom. The summed E-state index contributed by atoms with van der Waals surface area (Å²) in [6.45, 7) is 7.56. The molecule has 0 saturated carbocycles. The molecule has 0 aromatic heterocycles. The number of unbranched alkanes of at least 4 members (excludes halogenated alkanes) is 1. The summed E-state index contributed by atoms with van der Waals surface area (Å²) in [6.07, 6.45) is 2.93. The number of hydrogen-bond donors (Lipinski definition) is 2. The Hall–Kier alpha value is -1.06. The van der Waals surface area contributed by atoms with Crippen molar-refractivity contribution in [3.05, 3.63) is 0 Å². The van der Waals surface area contributed by atoms with Crippen molar-refractivity contribution in [1.29, 1.82) is 0 Å². The summed E-state index contributed by atoms with van der Waals surface area (Å²) >= 11 is 0. The van der Waals surface area contributed by atoms with Crippen LogP contribution in [0.15, 0.2) is 0 Å². The molecule has 4 nitrogen and oxygen atoms in total. The summed E-state index contributed by atoms with van der Waals surface area (Å²) in [6, 6.07) is -0.752. The number of carboxylic acid groups (broad SMARTS) is 1. The Balaban J connectivity index is 4.40. The predicted molar refractivity (Wildman–Crippen MR) is 63.2 cm³/mol. The minimum atomic E-state index is -0.950. The van der Waals surface area contributed by atoms with Crippen LogP contribution < -0.4 is 5.32 Å². The fourth-order valence-corrected chi connectivity index (χ4v) is 1.18. The first-order valence-corrected chi connectivity index (χ1v) is 5.89. The average Bonchev–Trinajstić information content (AvgIpc) is 2.23. The van der Waals surface area contributed by atoms with E-state index in [2.05, 4.69) is 5.32 Å². The van der Waals surface area contributed by atoms with Crippen LogP contribution in [0, 0.1) is 5.41 Å². The minimum absolute atomic E-state index is 0.182. The molecular weight excluding hydrogens is 206 g/mol. The van der Waals surface area contributed by atoms with Crippen molar-refractivity contribution in [3.8, 4) is 0 Å². The molecule has 4 heteroatoms. The van der Waals surface area contributed by atoms with Gasteiger partial charge in [0.05, 0.1) is 0 Å². The summed E-state index contributed by atoms with van der Waals surface area (Å²) in [4.78, 5) is 22.7. The van der Waals surface area contributed by atoms with Gasteiger partial charge in [-0.1, -0.05) is 40.5 Å². The number of carbonyl (C=O) groups is 2. The van der Waals surface area contributed by atoms with Crippen LogP contribution in [0.3, 0.4) is 0 Å². The molecule has 0 rings (SSSR count). The number of amides is 1. The molecule has 0 heterocycles. The van der Waals surface area contributed by atoms with Crippen LogP contribution in [0.1, 0.15) is 53.4 Å². The molecule has 16 heavy (non-hydrogen) atoms. The Morgan fingerprint density at radius 3 is 2.25 bits per heavy atom. The first kappa shape index (κ1) is 14.9. The van der Waals surface area contributed by atoms with E-state index in [1.807, 2.05) is 27.7 Å². The van der Waals surface area contributed by atoms with E-state index in [9.17, 15) is 9.59 Å². The lowest BCUT2D eigenvalue weighted by Crippen LogP contribution is -2.46. The molecule has 0 saturated heterocycles. The molecule has 94 valence electrons. The van der Waals surface area contributed by atoms with Crippen LogP contribution in [-0.2, 0) is 9.59 Å². The van der Waals surface area contributed by atoms with Crippen molar-refractivity contribution in [3.63, 3.8) is 0 Å². The quantitative estimate of drug-likeness (QED) is 0.703. The molecule has 0 fully saturated rings. The van der Waals surface area contributed by atoms with E-state index in [0.717, 1.165) is 12.8 Å². The Morgan fingerprint density at radius 2 is 1.88 bits per heavy atom. The summed E-state index contributed by atoms with van der Waals surface area (Å²) in [5, 5.41) is 11.6. The molecule has 0 aliphatic rings. The van der Waals surface area contributed by atoms with Crippen molar-refractivity contribution in [1.82, 2.24) is 5.32 Å². The van der Waals surface area contributed by atoms with Crippen molar-refractivity contribution in [2.45, 2.75) is 59.4 Å². The van der Waals surface area contributed by atoms with Gasteiger partial charge in [-0.2, -0.15) is 0 Å². The maximum atomic E-state index is 11.8. The molecule has 0 aliphatic heterocycles. The highest BCUT2D eigenvalue weighted by atomic mass is 16.4. The lowest BCUT2D eigenvalue weighted by Gasteiger charge is -2.24. The third kappa shape index (κ3) is 4.64. The normalized spacial score (nSPS) is 13.2. The maximum absolute atomic E-state index is 11.8. The topological polar surface area (TPSA) is 66.4 Å². The van der Waals surface area contributed by atoms with Gasteiger partial charge in [0.2, 0.25) is 5.91 Å². The Bertz CT molecular complexity index is 249. The second-order valence-electron chi connectivity index (χ2n) is 4.74. The summed E-state index contributed by atoms with van der Waals surface area (Å²) in [7, 11) is 0. The van der Waals surface area contributed by atoms with Gasteiger partial charge >= 0.3 is 5.97 Å². The van der Waals surface area contributed by atoms with Crippen LogP contribution in [0.25, 0.3) is 0 Å². The van der Waals surface area contributed by atoms with E-state index in [-0.39, 0.29) is 5.91 Å². The largest absolute Gasteiger partial charge is 0.480 e. The third-order valence-electron chi connectivity index (χ3n) is 2.95. The van der Waals surface area contributed by atoms with E-state index in [1.165, 1.54) is 0 Å². The van der Waals surface area contributed by atoms with Gasteiger partial charge in [0.15, 0.2) is 0 Å².